The minimum Gasteiger partial charge on any atom is -0.313 e. The predicted molar refractivity (Wildman–Crippen MR) is 78.2 cm³/mol. The lowest BCUT2D eigenvalue weighted by atomic mass is 9.83. The third-order valence-electron chi connectivity index (χ3n) is 3.71. The van der Waals surface area contributed by atoms with Crippen LogP contribution in [-0.4, -0.2) is 13.1 Å². The Balaban J connectivity index is 2.96. The van der Waals surface area contributed by atoms with E-state index in [1.165, 1.54) is 0 Å². The van der Waals surface area contributed by atoms with E-state index in [-0.39, 0.29) is 12.0 Å². The Morgan fingerprint density at radius 1 is 1.63 bits per heavy atom. The van der Waals surface area contributed by atoms with Gasteiger partial charge in [0.1, 0.15) is 0 Å². The average molecular weight is 265 g/mol. The summed E-state index contributed by atoms with van der Waals surface area (Å²) in [7, 11) is 1.91. The van der Waals surface area contributed by atoms with Crippen molar-refractivity contribution in [3.8, 4) is 0 Å². The molecular weight excluding hydrogens is 241 g/mol. The summed E-state index contributed by atoms with van der Waals surface area (Å²) in [6.45, 7) is 11.9. The largest absolute Gasteiger partial charge is 0.313 e. The monoisotopic (exact) mass is 265 g/mol. The molecule has 0 fully saturated rings. The maximum absolute atomic E-state index is 12.7. The lowest BCUT2D eigenvalue weighted by molar-refractivity contribution is -0.0810. The summed E-state index contributed by atoms with van der Waals surface area (Å²) in [5, 5.41) is 3.24. The Bertz CT molecular complexity index is 409. The summed E-state index contributed by atoms with van der Waals surface area (Å²) in [6, 6.07) is 0.219. The van der Waals surface area contributed by atoms with Crippen molar-refractivity contribution in [1.82, 2.24) is 5.32 Å². The molecule has 1 rings (SSSR count). The average Bonchev–Trinajstić information content (AvgIpc) is 2.42. The minimum absolute atomic E-state index is 0.185. The van der Waals surface area contributed by atoms with Crippen LogP contribution in [0.4, 0.5) is 4.53 Å². The second-order valence-electron chi connectivity index (χ2n) is 5.15. The van der Waals surface area contributed by atoms with Crippen LogP contribution in [0.15, 0.2) is 47.8 Å². The van der Waals surface area contributed by atoms with Gasteiger partial charge in [0.2, 0.25) is 0 Å². The number of rotatable bonds is 7. The first kappa shape index (κ1) is 15.7. The third kappa shape index (κ3) is 3.80. The van der Waals surface area contributed by atoms with Gasteiger partial charge in [-0.25, -0.2) is 0 Å². The Hall–Kier alpha value is -1.35. The summed E-state index contributed by atoms with van der Waals surface area (Å²) in [5.74, 6) is 0.537. The fraction of sp³-hybridized carbons (Fsp3) is 0.500. The molecule has 0 aliphatic heterocycles. The van der Waals surface area contributed by atoms with E-state index < -0.39 is 0 Å². The summed E-state index contributed by atoms with van der Waals surface area (Å²) in [5.41, 5.74) is 3.10. The summed E-state index contributed by atoms with van der Waals surface area (Å²) in [6.07, 6.45) is 6.18. The highest BCUT2D eigenvalue weighted by Crippen LogP contribution is 2.34. The molecule has 0 amide bonds. The molecule has 0 saturated heterocycles. The van der Waals surface area contributed by atoms with Crippen LogP contribution in [0.3, 0.4) is 0 Å². The number of hydrogen-bond donors (Lipinski definition) is 1. The number of likely N-dealkylation sites (N-methyl/N-ethyl adjacent to an activating group) is 1. The van der Waals surface area contributed by atoms with E-state index >= 15 is 0 Å². The molecule has 19 heavy (non-hydrogen) atoms. The number of nitrogens with one attached hydrogen (secondary N) is 1. The fourth-order valence-corrected chi connectivity index (χ4v) is 2.64. The molecule has 106 valence electrons. The van der Waals surface area contributed by atoms with Gasteiger partial charge in [-0.2, -0.15) is 0 Å². The second-order valence-corrected chi connectivity index (χ2v) is 5.15. The van der Waals surface area contributed by atoms with E-state index in [0.717, 1.165) is 36.0 Å². The van der Waals surface area contributed by atoms with E-state index in [1.807, 2.05) is 26.1 Å². The summed E-state index contributed by atoms with van der Waals surface area (Å²) < 4.78 is 12.7. The van der Waals surface area contributed by atoms with Crippen LogP contribution in [0.5, 0.6) is 0 Å². The Morgan fingerprint density at radius 2 is 2.32 bits per heavy atom. The first-order chi connectivity index (χ1) is 9.04. The molecule has 0 aromatic rings. The van der Waals surface area contributed by atoms with Gasteiger partial charge in [0.15, 0.2) is 5.76 Å². The van der Waals surface area contributed by atoms with Crippen LogP contribution in [-0.2, 0) is 4.94 Å². The molecule has 0 aromatic carbocycles. The molecule has 2 unspecified atom stereocenters. The molecule has 0 saturated carbocycles. The number of allylic oxidation sites excluding steroid dienone is 4. The van der Waals surface area contributed by atoms with Crippen molar-refractivity contribution in [2.24, 2.45) is 5.92 Å². The van der Waals surface area contributed by atoms with Crippen molar-refractivity contribution < 1.29 is 9.47 Å². The third-order valence-corrected chi connectivity index (χ3v) is 3.71. The first-order valence-electron chi connectivity index (χ1n) is 6.72. The first-order valence-corrected chi connectivity index (χ1v) is 6.72. The van der Waals surface area contributed by atoms with E-state index in [2.05, 4.69) is 30.3 Å². The maximum Gasteiger partial charge on any atom is 0.171 e. The smallest absolute Gasteiger partial charge is 0.171 e. The standard InChI is InChI=1S/C16H24FNO/c1-6-13-8-7-9-15(19-17)16(13)12(4)10-14(18-5)11(2)3/h6,9,12,14,18H,1-2,7-8,10H2,3-5H3. The number of hydrogen-bond acceptors (Lipinski definition) is 2. The van der Waals surface area contributed by atoms with Crippen LogP contribution in [0.1, 0.15) is 33.1 Å². The van der Waals surface area contributed by atoms with Crippen molar-refractivity contribution in [3.63, 3.8) is 0 Å². The topological polar surface area (TPSA) is 21.3 Å². The molecule has 2 atom stereocenters. The van der Waals surface area contributed by atoms with E-state index in [4.69, 9.17) is 0 Å². The molecule has 0 spiro atoms. The molecule has 0 bridgehead atoms. The van der Waals surface area contributed by atoms with E-state index in [0.29, 0.717) is 5.76 Å². The van der Waals surface area contributed by atoms with Gasteiger partial charge in [0.05, 0.1) is 0 Å². The van der Waals surface area contributed by atoms with Gasteiger partial charge in [-0.15, -0.1) is 0 Å². The van der Waals surface area contributed by atoms with Crippen LogP contribution in [0, 0.1) is 5.92 Å². The van der Waals surface area contributed by atoms with Crippen molar-refractivity contribution in [3.05, 3.63) is 47.8 Å². The van der Waals surface area contributed by atoms with Crippen LogP contribution >= 0.6 is 0 Å². The van der Waals surface area contributed by atoms with Gasteiger partial charge in [-0.3, -0.25) is 4.94 Å². The zero-order valence-electron chi connectivity index (χ0n) is 12.1. The van der Waals surface area contributed by atoms with E-state index in [9.17, 15) is 4.53 Å². The lowest BCUT2D eigenvalue weighted by Gasteiger charge is -2.26. The SMILES string of the molecule is C=CC1=C(C(C)CC(NC)C(=C)C)C(OF)=CCC1. The fourth-order valence-electron chi connectivity index (χ4n) is 2.64. The molecule has 3 heteroatoms. The molecule has 1 aliphatic carbocycles. The Morgan fingerprint density at radius 3 is 2.79 bits per heavy atom. The van der Waals surface area contributed by atoms with Crippen molar-refractivity contribution in [1.29, 1.82) is 0 Å². The lowest BCUT2D eigenvalue weighted by Crippen LogP contribution is -2.29. The normalized spacial score (nSPS) is 18.6. The van der Waals surface area contributed by atoms with Crippen molar-refractivity contribution in [2.45, 2.75) is 39.2 Å². The zero-order valence-corrected chi connectivity index (χ0v) is 12.1. The molecule has 1 N–H and O–H groups in total. The highest BCUT2D eigenvalue weighted by Gasteiger charge is 2.24. The van der Waals surface area contributed by atoms with Gasteiger partial charge in [0, 0.05) is 16.1 Å². The summed E-state index contributed by atoms with van der Waals surface area (Å²) in [4.78, 5) is 4.05. The van der Waals surface area contributed by atoms with Gasteiger partial charge in [0.25, 0.3) is 0 Å². The highest BCUT2D eigenvalue weighted by atomic mass is 19.3. The van der Waals surface area contributed by atoms with E-state index in [1.54, 1.807) is 0 Å². The molecule has 0 aromatic heterocycles. The molecular formula is C16H24FNO. The molecule has 0 heterocycles. The maximum atomic E-state index is 12.7. The number of halogens is 1. The quantitative estimate of drug-likeness (QED) is 0.695. The highest BCUT2D eigenvalue weighted by molar-refractivity contribution is 5.41. The van der Waals surface area contributed by atoms with Gasteiger partial charge in [-0.1, -0.05) is 31.7 Å². The van der Waals surface area contributed by atoms with Crippen LogP contribution in [0.2, 0.25) is 0 Å². The molecule has 1 aliphatic rings. The zero-order chi connectivity index (χ0) is 14.4. The van der Waals surface area contributed by atoms with Crippen molar-refractivity contribution >= 4 is 0 Å². The van der Waals surface area contributed by atoms with Gasteiger partial charge >= 0.3 is 0 Å². The second kappa shape index (κ2) is 7.29. The predicted octanol–water partition coefficient (Wildman–Crippen LogP) is 4.24. The Labute approximate surface area is 115 Å². The molecule has 0 radical (unpaired) electrons. The molecule has 2 nitrogen and oxygen atoms in total. The Kier molecular flexibility index (Phi) is 6.03. The van der Waals surface area contributed by atoms with Crippen LogP contribution in [0.25, 0.3) is 0 Å². The van der Waals surface area contributed by atoms with Gasteiger partial charge in [-0.05, 0) is 50.8 Å². The summed E-state index contributed by atoms with van der Waals surface area (Å²) >= 11 is 0. The van der Waals surface area contributed by atoms with Gasteiger partial charge < -0.3 is 5.32 Å². The van der Waals surface area contributed by atoms with Crippen molar-refractivity contribution in [2.75, 3.05) is 7.05 Å². The minimum atomic E-state index is 0.185. The van der Waals surface area contributed by atoms with Crippen LogP contribution < -0.4 is 5.32 Å².